The smallest absolute Gasteiger partial charge is 0.184 e. The number of nitrogens with one attached hydrogen (secondary N) is 1. The number of aromatic nitrogens is 3. The molecule has 0 bridgehead atoms. The average molecular weight is 452 g/mol. The minimum atomic E-state index is 0.384. The van der Waals surface area contributed by atoms with E-state index in [4.69, 9.17) is 27.1 Å². The topological polar surface area (TPSA) is 86.0 Å². The molecule has 1 fully saturated rings. The summed E-state index contributed by atoms with van der Waals surface area (Å²) in [5, 5.41) is 4.96. The molecule has 0 amide bonds. The van der Waals surface area contributed by atoms with E-state index in [9.17, 15) is 0 Å². The number of halogens is 1. The van der Waals surface area contributed by atoms with Crippen LogP contribution in [0.15, 0.2) is 48.8 Å². The summed E-state index contributed by atoms with van der Waals surface area (Å²) in [7, 11) is 0. The minimum absolute atomic E-state index is 0.384. The monoisotopic (exact) mass is 451 g/mol. The third-order valence-corrected chi connectivity index (χ3v) is 6.69. The van der Waals surface area contributed by atoms with Gasteiger partial charge in [0, 0.05) is 29.4 Å². The fourth-order valence-corrected chi connectivity index (χ4v) is 5.02. The van der Waals surface area contributed by atoms with Crippen molar-refractivity contribution in [2.75, 3.05) is 11.1 Å². The van der Waals surface area contributed by atoms with Gasteiger partial charge in [-0.1, -0.05) is 42.2 Å². The zero-order valence-electron chi connectivity index (χ0n) is 16.8. The van der Waals surface area contributed by atoms with Crippen LogP contribution in [0.2, 0.25) is 5.15 Å². The molecule has 1 aromatic carbocycles. The van der Waals surface area contributed by atoms with E-state index in [0.29, 0.717) is 22.8 Å². The Morgan fingerprint density at radius 3 is 2.68 bits per heavy atom. The Hall–Kier alpha value is -2.90. The maximum atomic E-state index is 6.30. The van der Waals surface area contributed by atoms with Crippen LogP contribution in [0.1, 0.15) is 32.1 Å². The Morgan fingerprint density at radius 1 is 1.00 bits per heavy atom. The summed E-state index contributed by atoms with van der Waals surface area (Å²) in [5.41, 5.74) is 8.22. The Morgan fingerprint density at radius 2 is 1.87 bits per heavy atom. The third kappa shape index (κ3) is 4.57. The number of benzene rings is 1. The van der Waals surface area contributed by atoms with E-state index >= 15 is 0 Å². The molecule has 8 heteroatoms. The number of anilines is 2. The summed E-state index contributed by atoms with van der Waals surface area (Å²) in [5.74, 6) is 1.78. The Labute approximate surface area is 189 Å². The summed E-state index contributed by atoms with van der Waals surface area (Å²) >= 11 is 7.96. The van der Waals surface area contributed by atoms with E-state index < -0.39 is 0 Å². The Kier molecular flexibility index (Phi) is 5.61. The lowest BCUT2D eigenvalue weighted by Gasteiger charge is -2.22. The molecule has 158 valence electrons. The van der Waals surface area contributed by atoms with Gasteiger partial charge in [-0.3, -0.25) is 0 Å². The number of nitrogens with zero attached hydrogens (tertiary/aromatic N) is 3. The zero-order chi connectivity index (χ0) is 21.2. The van der Waals surface area contributed by atoms with Crippen molar-refractivity contribution in [1.82, 2.24) is 15.0 Å². The first-order chi connectivity index (χ1) is 15.1. The van der Waals surface area contributed by atoms with Gasteiger partial charge in [-0.2, -0.15) is 0 Å². The van der Waals surface area contributed by atoms with Crippen molar-refractivity contribution in [2.45, 2.75) is 38.1 Å². The number of rotatable bonds is 5. The van der Waals surface area contributed by atoms with Crippen molar-refractivity contribution in [3.8, 4) is 22.6 Å². The van der Waals surface area contributed by atoms with Crippen LogP contribution < -0.4 is 15.8 Å². The van der Waals surface area contributed by atoms with Crippen LogP contribution in [-0.4, -0.2) is 21.0 Å². The van der Waals surface area contributed by atoms with Crippen LogP contribution in [0.25, 0.3) is 21.3 Å². The van der Waals surface area contributed by atoms with E-state index in [1.165, 1.54) is 32.1 Å². The predicted molar refractivity (Wildman–Crippen MR) is 127 cm³/mol. The molecule has 3 aromatic heterocycles. The first-order valence-corrected chi connectivity index (χ1v) is 11.6. The second kappa shape index (κ2) is 8.69. The highest BCUT2D eigenvalue weighted by Gasteiger charge is 2.15. The molecule has 0 spiro atoms. The first kappa shape index (κ1) is 20.0. The normalized spacial score (nSPS) is 14.6. The summed E-state index contributed by atoms with van der Waals surface area (Å²) in [6.07, 6.45) is 9.66. The zero-order valence-corrected chi connectivity index (χ0v) is 18.4. The van der Waals surface area contributed by atoms with Gasteiger partial charge in [-0.15, -0.1) is 0 Å². The first-order valence-electron chi connectivity index (χ1n) is 10.4. The van der Waals surface area contributed by atoms with Crippen LogP contribution in [0, 0.1) is 0 Å². The maximum Gasteiger partial charge on any atom is 0.184 e. The molecule has 3 heterocycles. The van der Waals surface area contributed by atoms with Crippen LogP contribution >= 0.6 is 22.9 Å². The lowest BCUT2D eigenvalue weighted by atomic mass is 9.96. The number of thiazole rings is 1. The minimum Gasteiger partial charge on any atom is -0.456 e. The third-order valence-electron chi connectivity index (χ3n) is 5.44. The van der Waals surface area contributed by atoms with Gasteiger partial charge in [-0.25, -0.2) is 15.0 Å². The summed E-state index contributed by atoms with van der Waals surface area (Å²) in [4.78, 5) is 13.1. The van der Waals surface area contributed by atoms with E-state index in [-0.39, 0.29) is 0 Å². The molecule has 0 radical (unpaired) electrons. The highest BCUT2D eigenvalue weighted by atomic mass is 35.5. The predicted octanol–water partition coefficient (Wildman–Crippen LogP) is 6.53. The SMILES string of the molecule is Nc1ccc(-c2cc(Oc3ccc4nc(NC5CCCCC5)sc4c3)cnc2Cl)cn1. The molecular weight excluding hydrogens is 430 g/mol. The molecule has 5 rings (SSSR count). The lowest BCUT2D eigenvalue weighted by Crippen LogP contribution is -2.21. The van der Waals surface area contributed by atoms with Gasteiger partial charge in [-0.05, 0) is 43.2 Å². The van der Waals surface area contributed by atoms with Crippen LogP contribution in [-0.2, 0) is 0 Å². The fraction of sp³-hybridized carbons (Fsp3) is 0.261. The Balaban J connectivity index is 1.36. The second-order valence-electron chi connectivity index (χ2n) is 7.71. The van der Waals surface area contributed by atoms with Gasteiger partial charge in [0.2, 0.25) is 0 Å². The van der Waals surface area contributed by atoms with Crippen LogP contribution in [0.4, 0.5) is 10.9 Å². The van der Waals surface area contributed by atoms with Crippen molar-refractivity contribution < 1.29 is 4.74 Å². The highest BCUT2D eigenvalue weighted by Crippen LogP contribution is 2.35. The molecule has 31 heavy (non-hydrogen) atoms. The van der Waals surface area contributed by atoms with Crippen molar-refractivity contribution in [1.29, 1.82) is 0 Å². The highest BCUT2D eigenvalue weighted by molar-refractivity contribution is 7.22. The molecule has 4 aromatic rings. The van der Waals surface area contributed by atoms with Crippen LogP contribution in [0.3, 0.4) is 0 Å². The lowest BCUT2D eigenvalue weighted by molar-refractivity contribution is 0.462. The largest absolute Gasteiger partial charge is 0.456 e. The molecule has 0 atom stereocenters. The van der Waals surface area contributed by atoms with Crippen molar-refractivity contribution in [3.63, 3.8) is 0 Å². The molecule has 0 aliphatic heterocycles. The second-order valence-corrected chi connectivity index (χ2v) is 9.10. The average Bonchev–Trinajstić information content (AvgIpc) is 3.18. The fourth-order valence-electron chi connectivity index (χ4n) is 3.84. The molecule has 0 saturated heterocycles. The number of fused-ring (bicyclic) bond motifs is 1. The van der Waals surface area contributed by atoms with E-state index in [1.807, 2.05) is 30.3 Å². The van der Waals surface area contributed by atoms with Crippen LogP contribution in [0.5, 0.6) is 11.5 Å². The molecule has 1 aliphatic rings. The van der Waals surface area contributed by atoms with Crippen molar-refractivity contribution in [2.24, 2.45) is 0 Å². The quantitative estimate of drug-likeness (QED) is 0.335. The van der Waals surface area contributed by atoms with Crippen molar-refractivity contribution in [3.05, 3.63) is 53.9 Å². The number of pyridine rings is 2. The summed E-state index contributed by atoms with van der Waals surface area (Å²) in [6, 6.07) is 11.9. The number of ether oxygens (including phenoxy) is 1. The summed E-state index contributed by atoms with van der Waals surface area (Å²) < 4.78 is 7.16. The van der Waals surface area contributed by atoms with Gasteiger partial charge in [0.15, 0.2) is 5.13 Å². The molecule has 3 N–H and O–H groups in total. The van der Waals surface area contributed by atoms with E-state index in [2.05, 4.69) is 15.3 Å². The van der Waals surface area contributed by atoms with Gasteiger partial charge in [0.1, 0.15) is 22.5 Å². The number of nitrogens with two attached hydrogens (primary N) is 1. The molecule has 1 saturated carbocycles. The molecule has 6 nitrogen and oxygen atoms in total. The summed E-state index contributed by atoms with van der Waals surface area (Å²) in [6.45, 7) is 0. The maximum absolute atomic E-state index is 6.30. The number of nitrogen functional groups attached to an aromatic ring is 1. The number of hydrogen-bond donors (Lipinski definition) is 2. The number of hydrogen-bond acceptors (Lipinski definition) is 7. The standard InChI is InChI=1S/C23H22ClN5OS/c24-22-18(14-6-9-21(25)26-12-14)10-17(13-27-22)30-16-7-8-19-20(11-16)31-23(29-19)28-15-4-2-1-3-5-15/h6-13,15H,1-5H2,(H2,25,26)(H,28,29). The van der Waals surface area contributed by atoms with Gasteiger partial charge in [0.05, 0.1) is 16.4 Å². The molecule has 0 unspecified atom stereocenters. The molecule has 1 aliphatic carbocycles. The van der Waals surface area contributed by atoms with E-state index in [1.54, 1.807) is 29.8 Å². The van der Waals surface area contributed by atoms with Gasteiger partial charge < -0.3 is 15.8 Å². The Bertz CT molecular complexity index is 1200. The molecular formula is C23H22ClN5OS. The van der Waals surface area contributed by atoms with Gasteiger partial charge in [0.25, 0.3) is 0 Å². The van der Waals surface area contributed by atoms with E-state index in [0.717, 1.165) is 32.2 Å². The van der Waals surface area contributed by atoms with Gasteiger partial charge >= 0.3 is 0 Å². The van der Waals surface area contributed by atoms with Crippen molar-refractivity contribution >= 4 is 44.1 Å².